The molecule has 1 fully saturated rings. The van der Waals surface area contributed by atoms with Gasteiger partial charge in [0.05, 0.1) is 45.1 Å². The van der Waals surface area contributed by atoms with Crippen molar-refractivity contribution in [2.24, 2.45) is 4.99 Å². The third-order valence-electron chi connectivity index (χ3n) is 3.73. The van der Waals surface area contributed by atoms with Gasteiger partial charge in [-0.05, 0) is 30.8 Å². The number of rotatable bonds is 7. The number of thioether (sulfide) groups is 1. The number of aromatic nitrogens is 1. The highest BCUT2D eigenvalue weighted by molar-refractivity contribution is 8.18. The maximum Gasteiger partial charge on any atom is 0.311 e. The molecule has 1 aromatic carbocycles. The number of benzene rings is 1. The summed E-state index contributed by atoms with van der Waals surface area (Å²) in [6.45, 7) is 1.97. The van der Waals surface area contributed by atoms with E-state index in [1.807, 2.05) is 0 Å². The molecule has 1 aliphatic heterocycles. The van der Waals surface area contributed by atoms with Crippen LogP contribution in [0.1, 0.15) is 18.2 Å². The number of nitrogens with zero attached hydrogens (tertiary/aromatic N) is 4. The Balaban J connectivity index is 1.80. The fraction of sp³-hybridized carbons (Fsp3) is 0.176. The van der Waals surface area contributed by atoms with Crippen molar-refractivity contribution >= 4 is 62.7 Å². The minimum atomic E-state index is -0.757. The second-order valence-corrected chi connectivity index (χ2v) is 7.71. The number of hydrogen-bond acceptors (Lipinski definition) is 11. The highest BCUT2D eigenvalue weighted by Crippen LogP contribution is 2.32. The summed E-state index contributed by atoms with van der Waals surface area (Å²) in [5, 5.41) is 26.8. The van der Waals surface area contributed by atoms with E-state index in [1.165, 1.54) is 23.5 Å². The molecule has 2 aromatic rings. The van der Waals surface area contributed by atoms with Gasteiger partial charge in [0.15, 0.2) is 5.17 Å². The molecule has 0 aliphatic carbocycles. The number of ether oxygens (including phenoxy) is 1. The maximum absolute atomic E-state index is 12.2. The van der Waals surface area contributed by atoms with Gasteiger partial charge < -0.3 is 10.1 Å². The van der Waals surface area contributed by atoms with Crippen LogP contribution in [0.25, 0.3) is 6.08 Å². The lowest BCUT2D eigenvalue weighted by atomic mass is 10.1. The first kappa shape index (κ1) is 22.0. The number of nitro benzene ring substituents is 2. The Morgan fingerprint density at radius 1 is 1.32 bits per heavy atom. The van der Waals surface area contributed by atoms with Crippen LogP contribution in [0, 0.1) is 20.2 Å². The number of esters is 1. The summed E-state index contributed by atoms with van der Waals surface area (Å²) in [7, 11) is 0. The predicted molar refractivity (Wildman–Crippen MR) is 113 cm³/mol. The largest absolute Gasteiger partial charge is 0.466 e. The maximum atomic E-state index is 12.2. The van der Waals surface area contributed by atoms with E-state index in [9.17, 15) is 29.8 Å². The third-order valence-corrected chi connectivity index (χ3v) is 5.42. The number of aliphatic imine (C=N–C) groups is 1. The molecule has 1 saturated heterocycles. The van der Waals surface area contributed by atoms with Gasteiger partial charge in [0, 0.05) is 11.4 Å². The summed E-state index contributed by atoms with van der Waals surface area (Å²) >= 11 is 2.11. The molecule has 0 bridgehead atoms. The second kappa shape index (κ2) is 9.44. The number of hydrogen-bond donors (Lipinski definition) is 1. The zero-order valence-corrected chi connectivity index (χ0v) is 17.4. The van der Waals surface area contributed by atoms with Crippen molar-refractivity contribution in [3.63, 3.8) is 0 Å². The summed E-state index contributed by atoms with van der Waals surface area (Å²) < 4.78 is 4.86. The molecule has 0 atom stereocenters. The topological polar surface area (TPSA) is 167 Å². The van der Waals surface area contributed by atoms with E-state index in [1.54, 1.807) is 12.3 Å². The first-order valence-electron chi connectivity index (χ1n) is 8.59. The molecular weight excluding hydrogens is 450 g/mol. The summed E-state index contributed by atoms with van der Waals surface area (Å²) in [5.41, 5.74) is -0.402. The lowest BCUT2D eigenvalue weighted by molar-refractivity contribution is -0.394. The van der Waals surface area contributed by atoms with E-state index >= 15 is 0 Å². The molecule has 0 unspecified atom stereocenters. The van der Waals surface area contributed by atoms with E-state index < -0.39 is 33.1 Å². The van der Waals surface area contributed by atoms with Crippen molar-refractivity contribution < 1.29 is 24.2 Å². The van der Waals surface area contributed by atoms with Crippen molar-refractivity contribution in [3.05, 3.63) is 60.0 Å². The molecule has 2 heterocycles. The first-order valence-corrected chi connectivity index (χ1v) is 10.3. The molecule has 160 valence electrons. The van der Waals surface area contributed by atoms with Gasteiger partial charge in [-0.15, -0.1) is 11.3 Å². The smallest absolute Gasteiger partial charge is 0.311 e. The van der Waals surface area contributed by atoms with Crippen molar-refractivity contribution in [1.82, 2.24) is 10.3 Å². The number of nitro groups is 2. The molecule has 1 amide bonds. The normalized spacial score (nSPS) is 15.8. The Bertz CT molecular complexity index is 1140. The average molecular weight is 463 g/mol. The molecule has 1 aromatic heterocycles. The standard InChI is InChI=1S/C17H13N5O7S2/c1-2-29-14(23)6-10-8-30-16(18-10)20-17-19-15(24)13(31-17)5-9-3-4-11(21(25)26)7-12(9)22(27)28/h3-5,7-8H,2,6H2,1H3,(H,18,19,20,24)/b13-5+. The van der Waals surface area contributed by atoms with Gasteiger partial charge in [0.2, 0.25) is 5.13 Å². The van der Waals surface area contributed by atoms with Crippen LogP contribution < -0.4 is 5.32 Å². The fourth-order valence-corrected chi connectivity index (χ4v) is 3.99. The number of carbonyl (C=O) groups excluding carboxylic acids is 2. The Labute approximate surface area is 182 Å². The van der Waals surface area contributed by atoms with Crippen molar-refractivity contribution in [2.75, 3.05) is 6.61 Å². The van der Waals surface area contributed by atoms with Gasteiger partial charge in [0.25, 0.3) is 17.3 Å². The van der Waals surface area contributed by atoms with Crippen LogP contribution in [-0.4, -0.2) is 38.5 Å². The van der Waals surface area contributed by atoms with Crippen LogP contribution in [0.4, 0.5) is 16.5 Å². The minimum Gasteiger partial charge on any atom is -0.466 e. The number of amides is 1. The van der Waals surface area contributed by atoms with Crippen molar-refractivity contribution in [3.8, 4) is 0 Å². The van der Waals surface area contributed by atoms with Crippen molar-refractivity contribution in [2.45, 2.75) is 13.3 Å². The quantitative estimate of drug-likeness (QED) is 0.281. The lowest BCUT2D eigenvalue weighted by Crippen LogP contribution is -2.19. The molecule has 0 spiro atoms. The van der Waals surface area contributed by atoms with Crippen LogP contribution in [-0.2, 0) is 20.7 Å². The highest BCUT2D eigenvalue weighted by Gasteiger charge is 2.26. The van der Waals surface area contributed by atoms with Gasteiger partial charge in [-0.3, -0.25) is 29.8 Å². The molecule has 1 aliphatic rings. The summed E-state index contributed by atoms with van der Waals surface area (Å²) in [6, 6.07) is 3.15. The van der Waals surface area contributed by atoms with Gasteiger partial charge in [-0.25, -0.2) is 4.98 Å². The molecule has 0 saturated carbocycles. The van der Waals surface area contributed by atoms with Gasteiger partial charge in [0.1, 0.15) is 0 Å². The molecule has 12 nitrogen and oxygen atoms in total. The van der Waals surface area contributed by atoms with E-state index in [2.05, 4.69) is 15.3 Å². The minimum absolute atomic E-state index is 0.00363. The molecule has 31 heavy (non-hydrogen) atoms. The lowest BCUT2D eigenvalue weighted by Gasteiger charge is -1.99. The van der Waals surface area contributed by atoms with Gasteiger partial charge in [-0.2, -0.15) is 4.99 Å². The van der Waals surface area contributed by atoms with E-state index in [4.69, 9.17) is 4.74 Å². The molecule has 3 rings (SSSR count). The Kier molecular flexibility index (Phi) is 6.71. The molecule has 14 heteroatoms. The van der Waals surface area contributed by atoms with Crippen LogP contribution >= 0.6 is 23.1 Å². The summed E-state index contributed by atoms with van der Waals surface area (Å²) in [4.78, 5) is 52.9. The van der Waals surface area contributed by atoms with E-state index in [-0.39, 0.29) is 28.7 Å². The number of nitrogens with one attached hydrogen (secondary N) is 1. The molecule has 0 radical (unpaired) electrons. The number of carbonyl (C=O) groups is 2. The van der Waals surface area contributed by atoms with Crippen LogP contribution in [0.2, 0.25) is 0 Å². The van der Waals surface area contributed by atoms with Gasteiger partial charge >= 0.3 is 5.97 Å². The SMILES string of the molecule is CCOC(=O)Cc1csc(/N=C2/NC(=O)/C(=C\c3ccc([N+](=O)[O-])cc3[N+](=O)[O-])S2)n1. The zero-order valence-electron chi connectivity index (χ0n) is 15.8. The summed E-state index contributed by atoms with van der Waals surface area (Å²) in [6.07, 6.45) is 1.27. The van der Waals surface area contributed by atoms with Crippen LogP contribution in [0.3, 0.4) is 0 Å². The van der Waals surface area contributed by atoms with Gasteiger partial charge in [-0.1, -0.05) is 0 Å². The average Bonchev–Trinajstić information content (AvgIpc) is 3.28. The Hall–Kier alpha value is -3.65. The predicted octanol–water partition coefficient (Wildman–Crippen LogP) is 2.96. The van der Waals surface area contributed by atoms with Crippen LogP contribution in [0.15, 0.2) is 33.5 Å². The molecule has 1 N–H and O–H groups in total. The number of thiazole rings is 1. The zero-order chi connectivity index (χ0) is 22.5. The second-order valence-electron chi connectivity index (χ2n) is 5.84. The fourth-order valence-electron chi connectivity index (χ4n) is 2.42. The van der Waals surface area contributed by atoms with Crippen LogP contribution in [0.5, 0.6) is 0 Å². The first-order chi connectivity index (χ1) is 14.8. The third kappa shape index (κ3) is 5.49. The van der Waals surface area contributed by atoms with E-state index in [0.29, 0.717) is 10.8 Å². The monoisotopic (exact) mass is 463 g/mol. The Morgan fingerprint density at radius 3 is 2.77 bits per heavy atom. The van der Waals surface area contributed by atoms with E-state index in [0.717, 1.165) is 23.9 Å². The summed E-state index contributed by atoms with van der Waals surface area (Å²) in [5.74, 6) is -0.940. The Morgan fingerprint density at radius 2 is 2.10 bits per heavy atom. The number of non-ortho nitro benzene ring substituents is 1. The molecular formula is C17H13N5O7S2. The highest BCUT2D eigenvalue weighted by atomic mass is 32.2. The number of amidine groups is 1. The van der Waals surface area contributed by atoms with Crippen molar-refractivity contribution in [1.29, 1.82) is 0 Å².